The summed E-state index contributed by atoms with van der Waals surface area (Å²) >= 11 is 12.3. The first-order valence-corrected chi connectivity index (χ1v) is 9.16. The molecule has 0 fully saturated rings. The van der Waals surface area contributed by atoms with Gasteiger partial charge in [-0.25, -0.2) is 4.98 Å². The number of carbonyl (C=O) groups is 1. The van der Waals surface area contributed by atoms with Crippen LogP contribution in [0.2, 0.25) is 10.0 Å². The van der Waals surface area contributed by atoms with Gasteiger partial charge in [-0.15, -0.1) is 0 Å². The van der Waals surface area contributed by atoms with E-state index in [0.29, 0.717) is 11.8 Å². The van der Waals surface area contributed by atoms with Gasteiger partial charge in [-0.1, -0.05) is 47.1 Å². The lowest BCUT2D eigenvalue weighted by atomic mass is 10.2. The number of hydrogen-bond acceptors (Lipinski definition) is 4. The zero-order valence-electron chi connectivity index (χ0n) is 13.5. The average Bonchev–Trinajstić information content (AvgIpc) is 2.59. The van der Waals surface area contributed by atoms with Crippen LogP contribution in [0, 0.1) is 0 Å². The van der Waals surface area contributed by atoms with E-state index in [1.54, 1.807) is 12.1 Å². The van der Waals surface area contributed by atoms with Crippen LogP contribution in [0.4, 0.5) is 14.5 Å². The van der Waals surface area contributed by atoms with Gasteiger partial charge in [-0.05, 0) is 24.3 Å². The molecule has 0 aliphatic rings. The molecule has 2 aromatic carbocycles. The van der Waals surface area contributed by atoms with Gasteiger partial charge >= 0.3 is 0 Å². The quantitative estimate of drug-likeness (QED) is 0.599. The van der Waals surface area contributed by atoms with Crippen LogP contribution in [0.25, 0.3) is 10.9 Å². The van der Waals surface area contributed by atoms with E-state index in [0.717, 1.165) is 4.57 Å². The first-order valence-electron chi connectivity index (χ1n) is 7.53. The highest BCUT2D eigenvalue weighted by atomic mass is 35.5. The minimum Gasteiger partial charge on any atom is -0.324 e. The van der Waals surface area contributed by atoms with E-state index in [2.05, 4.69) is 10.3 Å². The molecule has 0 spiro atoms. The van der Waals surface area contributed by atoms with E-state index in [9.17, 15) is 18.4 Å². The Hall–Kier alpha value is -2.16. The largest absolute Gasteiger partial charge is 0.324 e. The first-order chi connectivity index (χ1) is 12.8. The molecule has 27 heavy (non-hydrogen) atoms. The fraction of sp³-hybridized carbons (Fsp3) is 0.118. The van der Waals surface area contributed by atoms with Crippen LogP contribution >= 0.6 is 35.0 Å². The summed E-state index contributed by atoms with van der Waals surface area (Å²) < 4.78 is 26.3. The van der Waals surface area contributed by atoms with Gasteiger partial charge in [0.1, 0.15) is 6.54 Å². The topological polar surface area (TPSA) is 64.0 Å². The maximum absolute atomic E-state index is 12.6. The molecular weight excluding hydrogens is 419 g/mol. The van der Waals surface area contributed by atoms with Crippen LogP contribution in [0.3, 0.4) is 0 Å². The molecule has 1 heterocycles. The lowest BCUT2D eigenvalue weighted by molar-refractivity contribution is -0.116. The number of rotatable bonds is 5. The van der Waals surface area contributed by atoms with Gasteiger partial charge in [0, 0.05) is 9.92 Å². The predicted molar refractivity (Wildman–Crippen MR) is 103 cm³/mol. The third-order valence-corrected chi connectivity index (χ3v) is 4.83. The fourth-order valence-corrected chi connectivity index (χ4v) is 3.56. The molecular formula is C17H11Cl2F2N3O2S. The number of fused-ring (bicyclic) bond motifs is 1. The van der Waals surface area contributed by atoms with Gasteiger partial charge in [-0.3, -0.25) is 14.2 Å². The number of halogens is 4. The van der Waals surface area contributed by atoms with Crippen LogP contribution in [0.1, 0.15) is 0 Å². The SMILES string of the molecule is O=C(Cn1cnc2c(Cl)cc(Cl)cc2c1=O)Nc1ccccc1SC(F)F. The predicted octanol–water partition coefficient (Wildman–Crippen LogP) is 4.66. The van der Waals surface area contributed by atoms with Crippen molar-refractivity contribution in [3.05, 3.63) is 63.1 Å². The van der Waals surface area contributed by atoms with E-state index in [-0.39, 0.29) is 38.1 Å². The molecule has 0 aliphatic carbocycles. The van der Waals surface area contributed by atoms with Crippen LogP contribution < -0.4 is 10.9 Å². The summed E-state index contributed by atoms with van der Waals surface area (Å²) in [6, 6.07) is 9.06. The Labute approximate surface area is 166 Å². The highest BCUT2D eigenvalue weighted by molar-refractivity contribution is 7.99. The zero-order chi connectivity index (χ0) is 19.6. The number of hydrogen-bond donors (Lipinski definition) is 1. The second-order valence-electron chi connectivity index (χ2n) is 5.38. The average molecular weight is 430 g/mol. The van der Waals surface area contributed by atoms with Crippen molar-refractivity contribution in [2.45, 2.75) is 17.2 Å². The molecule has 0 radical (unpaired) electrons. The van der Waals surface area contributed by atoms with Crippen molar-refractivity contribution in [3.63, 3.8) is 0 Å². The summed E-state index contributed by atoms with van der Waals surface area (Å²) in [7, 11) is 0. The third-order valence-electron chi connectivity index (χ3n) is 3.54. The Morgan fingerprint density at radius 1 is 1.26 bits per heavy atom. The molecule has 1 N–H and O–H groups in total. The van der Waals surface area contributed by atoms with Crippen LogP contribution in [0.15, 0.2) is 52.4 Å². The first kappa shape index (κ1) is 19.6. The molecule has 0 saturated heterocycles. The van der Waals surface area contributed by atoms with E-state index < -0.39 is 17.2 Å². The number of anilines is 1. The molecule has 3 rings (SSSR count). The maximum atomic E-state index is 12.6. The monoisotopic (exact) mass is 429 g/mol. The zero-order valence-corrected chi connectivity index (χ0v) is 15.8. The molecule has 3 aromatic rings. The summed E-state index contributed by atoms with van der Waals surface area (Å²) in [6.07, 6.45) is 1.20. The summed E-state index contributed by atoms with van der Waals surface area (Å²) in [5, 5.41) is 3.20. The van der Waals surface area contributed by atoms with Crippen molar-refractivity contribution in [1.29, 1.82) is 0 Å². The number of nitrogens with one attached hydrogen (secondary N) is 1. The standard InChI is InChI=1S/C17H11Cl2F2N3O2S/c18-9-5-10-15(11(19)6-9)22-8-24(16(10)26)7-14(25)23-12-3-1-2-4-13(12)27-17(20)21/h1-6,8,17H,7H2,(H,23,25). The molecule has 1 aromatic heterocycles. The maximum Gasteiger partial charge on any atom is 0.288 e. The Morgan fingerprint density at radius 2 is 2.00 bits per heavy atom. The minimum absolute atomic E-state index is 0.177. The number of aromatic nitrogens is 2. The van der Waals surface area contributed by atoms with Crippen molar-refractivity contribution in [2.24, 2.45) is 0 Å². The number of benzene rings is 2. The van der Waals surface area contributed by atoms with Gasteiger partial charge in [0.05, 0.1) is 27.9 Å². The smallest absolute Gasteiger partial charge is 0.288 e. The van der Waals surface area contributed by atoms with E-state index in [1.165, 1.54) is 30.6 Å². The van der Waals surface area contributed by atoms with Crippen molar-refractivity contribution >= 4 is 57.5 Å². The number of carbonyl (C=O) groups excluding carboxylic acids is 1. The highest BCUT2D eigenvalue weighted by Gasteiger charge is 2.14. The Kier molecular flexibility index (Phi) is 5.98. The van der Waals surface area contributed by atoms with E-state index >= 15 is 0 Å². The molecule has 5 nitrogen and oxygen atoms in total. The third kappa shape index (κ3) is 4.58. The normalized spacial score (nSPS) is 11.1. The van der Waals surface area contributed by atoms with Crippen molar-refractivity contribution in [1.82, 2.24) is 9.55 Å². The highest BCUT2D eigenvalue weighted by Crippen LogP contribution is 2.31. The molecule has 1 amide bonds. The summed E-state index contributed by atoms with van der Waals surface area (Å²) in [4.78, 5) is 29.2. The summed E-state index contributed by atoms with van der Waals surface area (Å²) in [5.74, 6) is -3.18. The summed E-state index contributed by atoms with van der Waals surface area (Å²) in [5.41, 5.74) is 0.0249. The minimum atomic E-state index is -2.62. The molecule has 140 valence electrons. The van der Waals surface area contributed by atoms with Gasteiger partial charge in [0.2, 0.25) is 5.91 Å². The molecule has 10 heteroatoms. The second kappa shape index (κ2) is 8.24. The second-order valence-corrected chi connectivity index (χ2v) is 7.26. The number of nitrogens with zero attached hydrogens (tertiary/aromatic N) is 2. The van der Waals surface area contributed by atoms with Crippen molar-refractivity contribution in [2.75, 3.05) is 5.32 Å². The van der Waals surface area contributed by atoms with E-state index in [1.807, 2.05) is 0 Å². The molecule has 0 atom stereocenters. The van der Waals surface area contributed by atoms with Crippen molar-refractivity contribution in [3.8, 4) is 0 Å². The van der Waals surface area contributed by atoms with Gasteiger partial charge in [-0.2, -0.15) is 8.78 Å². The Balaban J connectivity index is 1.85. The summed E-state index contributed by atoms with van der Waals surface area (Å²) in [6.45, 7) is -0.348. The molecule has 0 bridgehead atoms. The van der Waals surface area contributed by atoms with Gasteiger partial charge in [0.15, 0.2) is 0 Å². The Morgan fingerprint density at radius 3 is 2.74 bits per heavy atom. The molecule has 0 saturated carbocycles. The van der Waals surface area contributed by atoms with Crippen LogP contribution in [-0.2, 0) is 11.3 Å². The van der Waals surface area contributed by atoms with Gasteiger partial charge in [0.25, 0.3) is 11.3 Å². The van der Waals surface area contributed by atoms with E-state index in [4.69, 9.17) is 23.2 Å². The number of thioether (sulfide) groups is 1. The number of para-hydroxylation sites is 1. The number of amides is 1. The van der Waals surface area contributed by atoms with Crippen molar-refractivity contribution < 1.29 is 13.6 Å². The lowest BCUT2D eigenvalue weighted by Crippen LogP contribution is -2.28. The van der Waals surface area contributed by atoms with Crippen LogP contribution in [-0.4, -0.2) is 21.2 Å². The molecule has 0 aliphatic heterocycles. The lowest BCUT2D eigenvalue weighted by Gasteiger charge is -2.11. The van der Waals surface area contributed by atoms with Gasteiger partial charge < -0.3 is 5.32 Å². The molecule has 0 unspecified atom stereocenters. The Bertz CT molecular complexity index is 1080. The van der Waals surface area contributed by atoms with Crippen LogP contribution in [0.5, 0.6) is 0 Å². The number of alkyl halides is 2. The fourth-order valence-electron chi connectivity index (χ4n) is 2.42.